The Labute approximate surface area is 133 Å². The molecule has 4 rings (SSSR count). The summed E-state index contributed by atoms with van der Waals surface area (Å²) in [6.45, 7) is 5.60. The van der Waals surface area contributed by atoms with Crippen LogP contribution in [0.5, 0.6) is 0 Å². The van der Waals surface area contributed by atoms with E-state index in [1.807, 2.05) is 6.33 Å². The second kappa shape index (κ2) is 5.97. The van der Waals surface area contributed by atoms with E-state index < -0.39 is 0 Å². The lowest BCUT2D eigenvalue weighted by Crippen LogP contribution is -2.54. The van der Waals surface area contributed by atoms with Crippen molar-refractivity contribution in [2.24, 2.45) is 5.92 Å². The van der Waals surface area contributed by atoms with E-state index in [4.69, 9.17) is 9.72 Å². The van der Waals surface area contributed by atoms with Crippen molar-refractivity contribution in [3.8, 4) is 0 Å². The van der Waals surface area contributed by atoms with Crippen LogP contribution in [0, 0.1) is 5.92 Å². The van der Waals surface area contributed by atoms with E-state index in [-0.39, 0.29) is 5.54 Å². The van der Waals surface area contributed by atoms with Gasteiger partial charge < -0.3 is 9.72 Å². The lowest BCUT2D eigenvalue weighted by Gasteiger charge is -2.50. The largest absolute Gasteiger partial charge is 0.378 e. The van der Waals surface area contributed by atoms with Gasteiger partial charge in [0.15, 0.2) is 0 Å². The van der Waals surface area contributed by atoms with Crippen molar-refractivity contribution in [1.82, 2.24) is 14.9 Å². The van der Waals surface area contributed by atoms with Crippen LogP contribution in [0.1, 0.15) is 63.3 Å². The maximum absolute atomic E-state index is 5.74. The Hall–Kier alpha value is -0.870. The zero-order valence-electron chi connectivity index (χ0n) is 13.8. The van der Waals surface area contributed by atoms with E-state index in [2.05, 4.69) is 16.8 Å². The Kier molecular flexibility index (Phi) is 3.99. The van der Waals surface area contributed by atoms with E-state index >= 15 is 0 Å². The van der Waals surface area contributed by atoms with Crippen LogP contribution in [-0.4, -0.2) is 40.7 Å². The number of nitrogens with one attached hydrogen (secondary N) is 1. The van der Waals surface area contributed by atoms with Gasteiger partial charge >= 0.3 is 0 Å². The van der Waals surface area contributed by atoms with Crippen molar-refractivity contribution in [2.75, 3.05) is 19.7 Å². The molecule has 1 aromatic heterocycles. The van der Waals surface area contributed by atoms with E-state index in [0.29, 0.717) is 6.10 Å². The summed E-state index contributed by atoms with van der Waals surface area (Å²) in [5, 5.41) is 0. The number of fused-ring (bicyclic) bond motifs is 2. The standard InChI is InChI=1S/C18H29N3O/c1-14-11-15(6-10-22-14)12-21-9-5-16-17(20-13-19-16)18(21)7-3-2-4-8-18/h13-15H,2-12H2,1H3,(H,19,20). The fraction of sp³-hybridized carbons (Fsp3) is 0.833. The van der Waals surface area contributed by atoms with Crippen LogP contribution < -0.4 is 0 Å². The van der Waals surface area contributed by atoms with Crippen molar-refractivity contribution in [2.45, 2.75) is 69.9 Å². The predicted octanol–water partition coefficient (Wildman–Crippen LogP) is 3.24. The van der Waals surface area contributed by atoms with E-state index in [9.17, 15) is 0 Å². The highest BCUT2D eigenvalue weighted by Gasteiger charge is 2.45. The molecule has 2 fully saturated rings. The van der Waals surface area contributed by atoms with Crippen LogP contribution in [0.15, 0.2) is 6.33 Å². The molecular weight excluding hydrogens is 274 g/mol. The zero-order valence-corrected chi connectivity index (χ0v) is 13.8. The molecule has 1 aliphatic carbocycles. The van der Waals surface area contributed by atoms with Gasteiger partial charge in [0.1, 0.15) is 0 Å². The Morgan fingerprint density at radius 1 is 1.36 bits per heavy atom. The minimum Gasteiger partial charge on any atom is -0.378 e. The SMILES string of the molecule is CC1CC(CN2CCc3[nH]cnc3C23CCCCC3)CCO1. The third-order valence-corrected chi connectivity index (χ3v) is 6.15. The van der Waals surface area contributed by atoms with Crippen molar-refractivity contribution >= 4 is 0 Å². The highest BCUT2D eigenvalue weighted by atomic mass is 16.5. The molecule has 3 aliphatic rings. The average Bonchev–Trinajstić information content (AvgIpc) is 3.01. The third-order valence-electron chi connectivity index (χ3n) is 6.15. The molecule has 0 aromatic carbocycles. The first-order valence-electron chi connectivity index (χ1n) is 9.17. The molecule has 4 nitrogen and oxygen atoms in total. The summed E-state index contributed by atoms with van der Waals surface area (Å²) in [5.74, 6) is 0.794. The van der Waals surface area contributed by atoms with Gasteiger partial charge in [0.25, 0.3) is 0 Å². The van der Waals surface area contributed by atoms with Crippen molar-refractivity contribution in [3.05, 3.63) is 17.7 Å². The van der Waals surface area contributed by atoms with Crippen LogP contribution in [0.25, 0.3) is 0 Å². The molecule has 1 aromatic rings. The summed E-state index contributed by atoms with van der Waals surface area (Å²) in [6.07, 6.45) is 12.6. The van der Waals surface area contributed by atoms with Crippen LogP contribution in [0.4, 0.5) is 0 Å². The van der Waals surface area contributed by atoms with E-state index in [1.165, 1.54) is 69.4 Å². The van der Waals surface area contributed by atoms with Gasteiger partial charge in [0, 0.05) is 31.8 Å². The molecule has 22 heavy (non-hydrogen) atoms. The number of hydrogen-bond donors (Lipinski definition) is 1. The van der Waals surface area contributed by atoms with Crippen LogP contribution in [0.3, 0.4) is 0 Å². The molecule has 2 unspecified atom stereocenters. The highest BCUT2D eigenvalue weighted by Crippen LogP contribution is 2.45. The van der Waals surface area contributed by atoms with Crippen molar-refractivity contribution in [1.29, 1.82) is 0 Å². The Balaban J connectivity index is 1.58. The van der Waals surface area contributed by atoms with Gasteiger partial charge in [-0.15, -0.1) is 0 Å². The van der Waals surface area contributed by atoms with Crippen molar-refractivity contribution < 1.29 is 4.74 Å². The first kappa shape index (κ1) is 14.7. The van der Waals surface area contributed by atoms with Gasteiger partial charge in [-0.2, -0.15) is 0 Å². The molecule has 1 spiro atoms. The fourth-order valence-corrected chi connectivity index (χ4v) is 5.05. The Morgan fingerprint density at radius 3 is 3.05 bits per heavy atom. The maximum Gasteiger partial charge on any atom is 0.0926 e. The zero-order chi connectivity index (χ0) is 15.0. The third kappa shape index (κ3) is 2.50. The molecule has 0 radical (unpaired) electrons. The van der Waals surface area contributed by atoms with E-state index in [0.717, 1.165) is 18.9 Å². The Bertz CT molecular complexity index is 506. The lowest BCUT2D eigenvalue weighted by atomic mass is 9.74. The summed E-state index contributed by atoms with van der Waals surface area (Å²) < 4.78 is 5.74. The van der Waals surface area contributed by atoms with Gasteiger partial charge in [-0.05, 0) is 38.5 Å². The van der Waals surface area contributed by atoms with Gasteiger partial charge in [-0.25, -0.2) is 4.98 Å². The average molecular weight is 303 g/mol. The smallest absolute Gasteiger partial charge is 0.0926 e. The minimum absolute atomic E-state index is 0.230. The van der Waals surface area contributed by atoms with Gasteiger partial charge in [-0.3, -0.25) is 4.90 Å². The number of aromatic nitrogens is 2. The molecule has 3 heterocycles. The number of aromatic amines is 1. The lowest BCUT2D eigenvalue weighted by molar-refractivity contribution is -0.0320. The molecule has 2 atom stereocenters. The molecule has 122 valence electrons. The molecule has 0 amide bonds. The van der Waals surface area contributed by atoms with Crippen LogP contribution in [-0.2, 0) is 16.7 Å². The number of ether oxygens (including phenoxy) is 1. The van der Waals surface area contributed by atoms with Gasteiger partial charge in [0.2, 0.25) is 0 Å². The molecule has 4 heteroatoms. The quantitative estimate of drug-likeness (QED) is 0.912. The van der Waals surface area contributed by atoms with Crippen molar-refractivity contribution in [3.63, 3.8) is 0 Å². The molecular formula is C18H29N3O. The highest BCUT2D eigenvalue weighted by molar-refractivity contribution is 5.26. The molecule has 2 aliphatic heterocycles. The topological polar surface area (TPSA) is 41.2 Å². The maximum atomic E-state index is 5.74. The van der Waals surface area contributed by atoms with Gasteiger partial charge in [-0.1, -0.05) is 19.3 Å². The Morgan fingerprint density at radius 2 is 2.23 bits per heavy atom. The van der Waals surface area contributed by atoms with E-state index in [1.54, 1.807) is 0 Å². The summed E-state index contributed by atoms with van der Waals surface area (Å²) in [4.78, 5) is 11.0. The first-order chi connectivity index (χ1) is 10.8. The molecule has 1 N–H and O–H groups in total. The second-order valence-corrected chi connectivity index (χ2v) is 7.59. The predicted molar refractivity (Wildman–Crippen MR) is 86.8 cm³/mol. The summed E-state index contributed by atoms with van der Waals surface area (Å²) in [5.41, 5.74) is 3.00. The monoisotopic (exact) mass is 303 g/mol. The number of hydrogen-bond acceptors (Lipinski definition) is 3. The summed E-state index contributed by atoms with van der Waals surface area (Å²) >= 11 is 0. The summed E-state index contributed by atoms with van der Waals surface area (Å²) in [7, 11) is 0. The number of nitrogens with zero attached hydrogens (tertiary/aromatic N) is 2. The first-order valence-corrected chi connectivity index (χ1v) is 9.17. The molecule has 1 saturated carbocycles. The number of imidazole rings is 1. The van der Waals surface area contributed by atoms with Gasteiger partial charge in [0.05, 0.1) is 23.7 Å². The minimum atomic E-state index is 0.230. The normalized spacial score (nSPS) is 32.0. The second-order valence-electron chi connectivity index (χ2n) is 7.59. The fourth-order valence-electron chi connectivity index (χ4n) is 5.05. The molecule has 0 bridgehead atoms. The number of rotatable bonds is 2. The summed E-state index contributed by atoms with van der Waals surface area (Å²) in [6, 6.07) is 0. The van der Waals surface area contributed by atoms with Crippen LogP contribution in [0.2, 0.25) is 0 Å². The number of H-pyrrole nitrogens is 1. The molecule has 1 saturated heterocycles. The van der Waals surface area contributed by atoms with Crippen LogP contribution >= 0.6 is 0 Å².